The van der Waals surface area contributed by atoms with Crippen LogP contribution in [0.15, 0.2) is 0 Å². The molecule has 3 rings (SSSR count). The van der Waals surface area contributed by atoms with Crippen LogP contribution in [0.4, 0.5) is 0 Å². The molecule has 1 aromatic heterocycles. The molecule has 0 bridgehead atoms. The van der Waals surface area contributed by atoms with Gasteiger partial charge in [-0.1, -0.05) is 46.0 Å². The van der Waals surface area contributed by atoms with E-state index in [1.165, 1.54) is 62.3 Å². The molecule has 0 amide bonds. The molecule has 0 atom stereocenters. The van der Waals surface area contributed by atoms with Crippen LogP contribution in [0.1, 0.15) is 75.5 Å². The van der Waals surface area contributed by atoms with Crippen LogP contribution < -0.4 is 5.32 Å². The van der Waals surface area contributed by atoms with Gasteiger partial charge in [-0.05, 0) is 12.3 Å². The number of fused-ring (bicyclic) bond motifs is 1. The molecule has 0 radical (unpaired) electrons. The molecule has 1 aliphatic carbocycles. The van der Waals surface area contributed by atoms with Gasteiger partial charge >= 0.3 is 0 Å². The summed E-state index contributed by atoms with van der Waals surface area (Å²) in [4.78, 5) is 4.91. The zero-order valence-electron chi connectivity index (χ0n) is 13.1. The van der Waals surface area contributed by atoms with Crippen molar-refractivity contribution in [1.29, 1.82) is 0 Å². The van der Waals surface area contributed by atoms with E-state index in [1.807, 2.05) is 0 Å². The van der Waals surface area contributed by atoms with Crippen molar-refractivity contribution in [3.63, 3.8) is 0 Å². The third-order valence-corrected chi connectivity index (χ3v) is 5.02. The van der Waals surface area contributed by atoms with Crippen molar-refractivity contribution in [3.8, 4) is 0 Å². The standard InChI is InChI=1S/C17H29N3/c1-13(2)17-19-15-12-18-10-8-16(15)20(17)11-9-14-6-4-3-5-7-14/h13-14,18H,3-12H2,1-2H3. The molecule has 3 nitrogen and oxygen atoms in total. The number of rotatable bonds is 4. The fourth-order valence-electron chi connectivity index (χ4n) is 3.87. The molecule has 1 aromatic rings. The van der Waals surface area contributed by atoms with Gasteiger partial charge in [0.2, 0.25) is 0 Å². The first-order chi connectivity index (χ1) is 9.75. The van der Waals surface area contributed by atoms with Gasteiger partial charge in [0, 0.05) is 37.7 Å². The lowest BCUT2D eigenvalue weighted by atomic mass is 9.87. The molecule has 1 saturated carbocycles. The van der Waals surface area contributed by atoms with Crippen molar-refractivity contribution >= 4 is 0 Å². The van der Waals surface area contributed by atoms with E-state index in [2.05, 4.69) is 23.7 Å². The summed E-state index contributed by atoms with van der Waals surface area (Å²) in [7, 11) is 0. The molecule has 20 heavy (non-hydrogen) atoms. The summed E-state index contributed by atoms with van der Waals surface area (Å²) in [6.07, 6.45) is 9.78. The number of nitrogens with zero attached hydrogens (tertiary/aromatic N) is 2. The quantitative estimate of drug-likeness (QED) is 0.909. The Morgan fingerprint density at radius 2 is 2.05 bits per heavy atom. The lowest BCUT2D eigenvalue weighted by molar-refractivity contribution is 0.320. The minimum absolute atomic E-state index is 0.534. The van der Waals surface area contributed by atoms with Crippen molar-refractivity contribution in [2.75, 3.05) is 6.54 Å². The normalized spacial score (nSPS) is 20.4. The van der Waals surface area contributed by atoms with Gasteiger partial charge in [-0.15, -0.1) is 0 Å². The van der Waals surface area contributed by atoms with Crippen LogP contribution in [-0.4, -0.2) is 16.1 Å². The number of hydrogen-bond acceptors (Lipinski definition) is 2. The van der Waals surface area contributed by atoms with Crippen molar-refractivity contribution in [1.82, 2.24) is 14.9 Å². The average Bonchev–Trinajstić information content (AvgIpc) is 2.85. The Bertz CT molecular complexity index is 441. The molecular weight excluding hydrogens is 246 g/mol. The fraction of sp³-hybridized carbons (Fsp3) is 0.824. The number of nitrogens with one attached hydrogen (secondary N) is 1. The summed E-state index contributed by atoms with van der Waals surface area (Å²) in [6.45, 7) is 7.82. The van der Waals surface area contributed by atoms with Gasteiger partial charge in [0.15, 0.2) is 0 Å². The molecule has 1 N–H and O–H groups in total. The van der Waals surface area contributed by atoms with Crippen molar-refractivity contribution in [3.05, 3.63) is 17.2 Å². The molecule has 1 fully saturated rings. The van der Waals surface area contributed by atoms with Crippen molar-refractivity contribution in [2.24, 2.45) is 5.92 Å². The molecule has 0 spiro atoms. The highest BCUT2D eigenvalue weighted by atomic mass is 15.1. The van der Waals surface area contributed by atoms with E-state index < -0.39 is 0 Å². The van der Waals surface area contributed by atoms with E-state index in [9.17, 15) is 0 Å². The van der Waals surface area contributed by atoms with Gasteiger partial charge in [-0.25, -0.2) is 4.98 Å². The maximum Gasteiger partial charge on any atom is 0.111 e. The van der Waals surface area contributed by atoms with Crippen LogP contribution in [0.25, 0.3) is 0 Å². The van der Waals surface area contributed by atoms with Gasteiger partial charge in [-0.2, -0.15) is 0 Å². The first-order valence-corrected chi connectivity index (χ1v) is 8.54. The fourth-order valence-corrected chi connectivity index (χ4v) is 3.87. The largest absolute Gasteiger partial charge is 0.331 e. The Morgan fingerprint density at radius 3 is 2.80 bits per heavy atom. The summed E-state index contributed by atoms with van der Waals surface area (Å²) in [6, 6.07) is 0. The van der Waals surface area contributed by atoms with E-state index in [0.29, 0.717) is 5.92 Å². The number of imidazole rings is 1. The Kier molecular flexibility index (Phi) is 4.45. The summed E-state index contributed by atoms with van der Waals surface area (Å²) in [5.41, 5.74) is 2.83. The third kappa shape index (κ3) is 2.93. The maximum absolute atomic E-state index is 4.91. The SMILES string of the molecule is CC(C)c1nc2c(n1CCC1CCCCC1)CCNC2. The van der Waals surface area contributed by atoms with E-state index in [1.54, 1.807) is 0 Å². The molecular formula is C17H29N3. The molecule has 0 saturated heterocycles. The Hall–Kier alpha value is -0.830. The topological polar surface area (TPSA) is 29.9 Å². The van der Waals surface area contributed by atoms with Gasteiger partial charge in [-0.3, -0.25) is 0 Å². The molecule has 0 aromatic carbocycles. The Labute approximate surface area is 123 Å². The predicted octanol–water partition coefficient (Wildman–Crippen LogP) is 3.62. The zero-order chi connectivity index (χ0) is 13.9. The molecule has 2 aliphatic rings. The second kappa shape index (κ2) is 6.30. The molecule has 3 heteroatoms. The lowest BCUT2D eigenvalue weighted by Gasteiger charge is -2.23. The van der Waals surface area contributed by atoms with E-state index in [-0.39, 0.29) is 0 Å². The molecule has 0 unspecified atom stereocenters. The summed E-state index contributed by atoms with van der Waals surface area (Å²) >= 11 is 0. The van der Waals surface area contributed by atoms with E-state index in [0.717, 1.165) is 25.4 Å². The molecule has 2 heterocycles. The first kappa shape index (κ1) is 14.1. The van der Waals surface area contributed by atoms with Crippen LogP contribution in [0, 0.1) is 5.92 Å². The summed E-state index contributed by atoms with van der Waals surface area (Å²) < 4.78 is 2.56. The van der Waals surface area contributed by atoms with Crippen LogP contribution in [-0.2, 0) is 19.5 Å². The number of aromatic nitrogens is 2. The molecule has 112 valence electrons. The van der Waals surface area contributed by atoms with Crippen molar-refractivity contribution in [2.45, 2.75) is 77.8 Å². The van der Waals surface area contributed by atoms with Crippen molar-refractivity contribution < 1.29 is 0 Å². The monoisotopic (exact) mass is 275 g/mol. The van der Waals surface area contributed by atoms with E-state index >= 15 is 0 Å². The molecule has 1 aliphatic heterocycles. The summed E-state index contributed by atoms with van der Waals surface area (Å²) in [5.74, 6) is 2.81. The minimum atomic E-state index is 0.534. The van der Waals surface area contributed by atoms with Crippen LogP contribution in [0.5, 0.6) is 0 Å². The third-order valence-electron chi connectivity index (χ3n) is 5.02. The van der Waals surface area contributed by atoms with Gasteiger partial charge in [0.25, 0.3) is 0 Å². The smallest absolute Gasteiger partial charge is 0.111 e. The predicted molar refractivity (Wildman–Crippen MR) is 82.9 cm³/mol. The van der Waals surface area contributed by atoms with Gasteiger partial charge < -0.3 is 9.88 Å². The maximum atomic E-state index is 4.91. The van der Waals surface area contributed by atoms with Crippen LogP contribution >= 0.6 is 0 Å². The van der Waals surface area contributed by atoms with Gasteiger partial charge in [0.1, 0.15) is 5.82 Å². The van der Waals surface area contributed by atoms with E-state index in [4.69, 9.17) is 4.98 Å². The summed E-state index contributed by atoms with van der Waals surface area (Å²) in [5, 5.41) is 3.45. The second-order valence-corrected chi connectivity index (χ2v) is 6.89. The highest BCUT2D eigenvalue weighted by Crippen LogP contribution is 2.28. The Balaban J connectivity index is 1.74. The zero-order valence-corrected chi connectivity index (χ0v) is 13.1. The average molecular weight is 275 g/mol. The minimum Gasteiger partial charge on any atom is -0.331 e. The second-order valence-electron chi connectivity index (χ2n) is 6.89. The Morgan fingerprint density at radius 1 is 1.25 bits per heavy atom. The van der Waals surface area contributed by atoms with Crippen LogP contribution in [0.3, 0.4) is 0 Å². The highest BCUT2D eigenvalue weighted by molar-refractivity contribution is 5.21. The van der Waals surface area contributed by atoms with Gasteiger partial charge in [0.05, 0.1) is 5.69 Å². The van der Waals surface area contributed by atoms with Crippen LogP contribution in [0.2, 0.25) is 0 Å². The lowest BCUT2D eigenvalue weighted by Crippen LogP contribution is -2.25. The first-order valence-electron chi connectivity index (χ1n) is 8.54. The highest BCUT2D eigenvalue weighted by Gasteiger charge is 2.22. The number of hydrogen-bond donors (Lipinski definition) is 1.